The highest BCUT2D eigenvalue weighted by atomic mass is 32.1. The molecule has 0 radical (unpaired) electrons. The number of anilines is 2. The van der Waals surface area contributed by atoms with Crippen molar-refractivity contribution >= 4 is 22.2 Å². The monoisotopic (exact) mass is 303 g/mol. The first kappa shape index (κ1) is 16.0. The number of rotatable bonds is 8. The number of unbranched alkanes of at least 4 members (excludes halogenated alkanes) is 1. The average molecular weight is 303 g/mol. The SMILES string of the molecule is CCCCN(c1ccccc1)c1ncc(C(C)NCC)s1. The minimum absolute atomic E-state index is 0.366. The highest BCUT2D eigenvalue weighted by molar-refractivity contribution is 7.15. The summed E-state index contributed by atoms with van der Waals surface area (Å²) in [5, 5.41) is 4.54. The number of nitrogens with one attached hydrogen (secondary N) is 1. The fraction of sp³-hybridized carbons (Fsp3) is 0.471. The molecule has 2 rings (SSSR count). The summed E-state index contributed by atoms with van der Waals surface area (Å²) in [5.41, 5.74) is 1.22. The van der Waals surface area contributed by atoms with Crippen LogP contribution in [0.15, 0.2) is 36.5 Å². The van der Waals surface area contributed by atoms with E-state index >= 15 is 0 Å². The van der Waals surface area contributed by atoms with Gasteiger partial charge in [0.25, 0.3) is 0 Å². The minimum Gasteiger partial charge on any atom is -0.318 e. The number of thiazole rings is 1. The van der Waals surface area contributed by atoms with Crippen molar-refractivity contribution in [2.75, 3.05) is 18.0 Å². The molecule has 0 amide bonds. The molecule has 0 saturated heterocycles. The molecule has 0 aliphatic heterocycles. The highest BCUT2D eigenvalue weighted by Crippen LogP contribution is 2.32. The summed E-state index contributed by atoms with van der Waals surface area (Å²) in [6.45, 7) is 8.55. The van der Waals surface area contributed by atoms with Gasteiger partial charge >= 0.3 is 0 Å². The Morgan fingerprint density at radius 3 is 2.67 bits per heavy atom. The molecule has 1 aromatic carbocycles. The van der Waals surface area contributed by atoms with Gasteiger partial charge in [0, 0.05) is 29.3 Å². The first-order valence-electron chi connectivity index (χ1n) is 7.78. The van der Waals surface area contributed by atoms with Crippen LogP contribution in [-0.4, -0.2) is 18.1 Å². The maximum Gasteiger partial charge on any atom is 0.190 e. The molecule has 0 bridgehead atoms. The Kier molecular flexibility index (Phi) is 6.21. The van der Waals surface area contributed by atoms with E-state index in [1.807, 2.05) is 6.20 Å². The van der Waals surface area contributed by atoms with Crippen LogP contribution >= 0.6 is 11.3 Å². The molecule has 1 aromatic heterocycles. The van der Waals surface area contributed by atoms with Crippen molar-refractivity contribution in [3.8, 4) is 0 Å². The Bertz CT molecular complexity index is 524. The predicted octanol–water partition coefficient (Wildman–Crippen LogP) is 4.75. The molecule has 0 spiro atoms. The lowest BCUT2D eigenvalue weighted by Gasteiger charge is -2.21. The normalized spacial score (nSPS) is 12.3. The Hall–Kier alpha value is -1.39. The smallest absolute Gasteiger partial charge is 0.190 e. The van der Waals surface area contributed by atoms with Gasteiger partial charge in [0.15, 0.2) is 5.13 Å². The van der Waals surface area contributed by atoms with Gasteiger partial charge in [-0.1, -0.05) is 49.8 Å². The van der Waals surface area contributed by atoms with Crippen LogP contribution in [0.3, 0.4) is 0 Å². The first-order chi connectivity index (χ1) is 10.3. The van der Waals surface area contributed by atoms with Crippen LogP contribution in [0.5, 0.6) is 0 Å². The van der Waals surface area contributed by atoms with Crippen molar-refractivity contribution < 1.29 is 0 Å². The molecule has 1 heterocycles. The lowest BCUT2D eigenvalue weighted by molar-refractivity contribution is 0.606. The second-order valence-corrected chi connectivity index (χ2v) is 6.21. The first-order valence-corrected chi connectivity index (χ1v) is 8.59. The van der Waals surface area contributed by atoms with Crippen LogP contribution in [0.2, 0.25) is 0 Å². The van der Waals surface area contributed by atoms with E-state index in [1.54, 1.807) is 11.3 Å². The standard InChI is InChI=1S/C17H25N3S/c1-4-6-12-20(15-10-8-7-9-11-15)17-19-13-16(21-17)14(3)18-5-2/h7-11,13-14,18H,4-6,12H2,1-3H3. The third kappa shape index (κ3) is 4.29. The van der Waals surface area contributed by atoms with Crippen molar-refractivity contribution in [2.24, 2.45) is 0 Å². The van der Waals surface area contributed by atoms with E-state index < -0.39 is 0 Å². The van der Waals surface area contributed by atoms with Crippen molar-refractivity contribution in [2.45, 2.75) is 39.7 Å². The topological polar surface area (TPSA) is 28.2 Å². The van der Waals surface area contributed by atoms with Gasteiger partial charge in [-0.15, -0.1) is 0 Å². The van der Waals surface area contributed by atoms with Crippen molar-refractivity contribution in [3.05, 3.63) is 41.4 Å². The van der Waals surface area contributed by atoms with Crippen LogP contribution in [0.1, 0.15) is 44.5 Å². The van der Waals surface area contributed by atoms with E-state index in [0.717, 1.165) is 18.2 Å². The Balaban J connectivity index is 2.21. The quantitative estimate of drug-likeness (QED) is 0.762. The molecule has 21 heavy (non-hydrogen) atoms. The number of hydrogen-bond donors (Lipinski definition) is 1. The van der Waals surface area contributed by atoms with Crippen LogP contribution < -0.4 is 10.2 Å². The second kappa shape index (κ2) is 8.15. The number of para-hydroxylation sites is 1. The summed E-state index contributed by atoms with van der Waals surface area (Å²) < 4.78 is 0. The zero-order valence-electron chi connectivity index (χ0n) is 13.2. The van der Waals surface area contributed by atoms with E-state index in [0.29, 0.717) is 6.04 Å². The third-order valence-electron chi connectivity index (χ3n) is 3.48. The largest absolute Gasteiger partial charge is 0.318 e. The molecule has 3 nitrogen and oxygen atoms in total. The molecule has 0 aliphatic rings. The lowest BCUT2D eigenvalue weighted by Crippen LogP contribution is -2.18. The van der Waals surface area contributed by atoms with Gasteiger partial charge in [-0.2, -0.15) is 0 Å². The fourth-order valence-electron chi connectivity index (χ4n) is 2.27. The second-order valence-electron chi connectivity index (χ2n) is 5.17. The van der Waals surface area contributed by atoms with Gasteiger partial charge in [-0.25, -0.2) is 4.98 Å². The molecule has 4 heteroatoms. The number of aromatic nitrogens is 1. The zero-order chi connectivity index (χ0) is 15.1. The Morgan fingerprint density at radius 1 is 1.24 bits per heavy atom. The Morgan fingerprint density at radius 2 is 2.00 bits per heavy atom. The van der Waals surface area contributed by atoms with E-state index in [-0.39, 0.29) is 0 Å². The minimum atomic E-state index is 0.366. The van der Waals surface area contributed by atoms with Crippen molar-refractivity contribution in [1.82, 2.24) is 10.3 Å². The van der Waals surface area contributed by atoms with Crippen LogP contribution in [0.25, 0.3) is 0 Å². The molecule has 114 valence electrons. The van der Waals surface area contributed by atoms with Gasteiger partial charge < -0.3 is 10.2 Å². The maximum absolute atomic E-state index is 4.65. The van der Waals surface area contributed by atoms with Gasteiger partial charge in [0.1, 0.15) is 0 Å². The van der Waals surface area contributed by atoms with E-state index in [2.05, 4.69) is 66.3 Å². The average Bonchev–Trinajstić information content (AvgIpc) is 2.99. The molecule has 0 aliphatic carbocycles. The summed E-state index contributed by atoms with van der Waals surface area (Å²) >= 11 is 1.79. The third-order valence-corrected chi connectivity index (χ3v) is 4.69. The van der Waals surface area contributed by atoms with Crippen molar-refractivity contribution in [3.63, 3.8) is 0 Å². The van der Waals surface area contributed by atoms with E-state index in [4.69, 9.17) is 0 Å². The molecule has 0 fully saturated rings. The molecule has 1 N–H and O–H groups in total. The molecule has 2 aromatic rings. The number of benzene rings is 1. The predicted molar refractivity (Wildman–Crippen MR) is 92.6 cm³/mol. The summed E-state index contributed by atoms with van der Waals surface area (Å²) in [6, 6.07) is 10.9. The maximum atomic E-state index is 4.65. The molecule has 0 saturated carbocycles. The van der Waals surface area contributed by atoms with Crippen LogP contribution in [0.4, 0.5) is 10.8 Å². The molecular weight excluding hydrogens is 278 g/mol. The molecule has 1 atom stereocenters. The van der Waals surface area contributed by atoms with E-state index in [1.165, 1.54) is 23.4 Å². The number of hydrogen-bond acceptors (Lipinski definition) is 4. The summed E-state index contributed by atoms with van der Waals surface area (Å²) in [4.78, 5) is 8.28. The lowest BCUT2D eigenvalue weighted by atomic mass is 10.2. The van der Waals surface area contributed by atoms with Gasteiger partial charge in [0.2, 0.25) is 0 Å². The molecular formula is C17H25N3S. The zero-order valence-corrected chi connectivity index (χ0v) is 14.0. The fourth-order valence-corrected chi connectivity index (χ4v) is 3.26. The van der Waals surface area contributed by atoms with E-state index in [9.17, 15) is 0 Å². The summed E-state index contributed by atoms with van der Waals surface area (Å²) in [6.07, 6.45) is 4.37. The summed E-state index contributed by atoms with van der Waals surface area (Å²) in [5.74, 6) is 0. The van der Waals surface area contributed by atoms with Crippen molar-refractivity contribution in [1.29, 1.82) is 0 Å². The van der Waals surface area contributed by atoms with Crippen LogP contribution in [0, 0.1) is 0 Å². The van der Waals surface area contributed by atoms with Gasteiger partial charge in [0.05, 0.1) is 0 Å². The van der Waals surface area contributed by atoms with Gasteiger partial charge in [-0.3, -0.25) is 0 Å². The van der Waals surface area contributed by atoms with Crippen LogP contribution in [-0.2, 0) is 0 Å². The van der Waals surface area contributed by atoms with Gasteiger partial charge in [-0.05, 0) is 32.0 Å². The highest BCUT2D eigenvalue weighted by Gasteiger charge is 2.15. The summed E-state index contributed by atoms with van der Waals surface area (Å²) in [7, 11) is 0. The number of nitrogens with zero attached hydrogens (tertiary/aromatic N) is 2. The Labute approximate surface area is 132 Å². The molecule has 1 unspecified atom stereocenters.